The monoisotopic (exact) mass is 144 g/mol. The third-order valence-corrected chi connectivity index (χ3v) is 5.20. The van der Waals surface area contributed by atoms with Crippen LogP contribution in [0.25, 0.3) is 0 Å². The quantitative estimate of drug-likeness (QED) is 0.585. The van der Waals surface area contributed by atoms with E-state index >= 15 is 0 Å². The van der Waals surface area contributed by atoms with Crippen LogP contribution in [0.3, 0.4) is 0 Å². The highest BCUT2D eigenvalue weighted by Gasteiger charge is 2.45. The Balaban J connectivity index is 2.33. The number of aliphatic hydroxyl groups is 1. The summed E-state index contributed by atoms with van der Waals surface area (Å²) >= 11 is 0. The molecule has 1 rings (SSSR count). The molecular formula is C7H16OSi. The maximum Gasteiger partial charge on any atom is 0.0477 e. The van der Waals surface area contributed by atoms with Crippen molar-refractivity contribution in [3.8, 4) is 0 Å². The third kappa shape index (κ3) is 1.55. The van der Waals surface area contributed by atoms with E-state index in [1.807, 2.05) is 0 Å². The Labute approximate surface area is 58.1 Å². The average molecular weight is 144 g/mol. The summed E-state index contributed by atoms with van der Waals surface area (Å²) in [6.45, 7) is 7.57. The molecule has 0 aromatic heterocycles. The minimum atomic E-state index is -0.868. The predicted molar refractivity (Wildman–Crippen MR) is 42.3 cm³/mol. The highest BCUT2D eigenvalue weighted by Crippen LogP contribution is 2.51. The van der Waals surface area contributed by atoms with Crippen molar-refractivity contribution in [2.24, 2.45) is 5.92 Å². The van der Waals surface area contributed by atoms with E-state index in [0.29, 0.717) is 12.5 Å². The molecule has 0 aromatic carbocycles. The Hall–Kier alpha value is 0.177. The second-order valence-corrected chi connectivity index (χ2v) is 9.62. The van der Waals surface area contributed by atoms with E-state index in [1.54, 1.807) is 0 Å². The first-order valence-electron chi connectivity index (χ1n) is 3.66. The lowest BCUT2D eigenvalue weighted by Crippen LogP contribution is -2.21. The smallest absolute Gasteiger partial charge is 0.0477 e. The van der Waals surface area contributed by atoms with E-state index < -0.39 is 8.07 Å². The number of hydrogen-bond donors (Lipinski definition) is 1. The maximum absolute atomic E-state index is 8.76. The van der Waals surface area contributed by atoms with Gasteiger partial charge in [0.2, 0.25) is 0 Å². The second kappa shape index (κ2) is 2.10. The first-order valence-corrected chi connectivity index (χ1v) is 7.24. The van der Waals surface area contributed by atoms with E-state index in [0.717, 1.165) is 5.54 Å². The molecule has 2 atom stereocenters. The SMILES string of the molecule is C[Si](C)(C)C1CC1CO. The standard InChI is InChI=1S/C7H16OSi/c1-9(2,3)7-4-6(7)5-8/h6-8H,4-5H2,1-3H3. The summed E-state index contributed by atoms with van der Waals surface area (Å²) in [6, 6.07) is 0. The van der Waals surface area contributed by atoms with Crippen LogP contribution in [-0.2, 0) is 0 Å². The van der Waals surface area contributed by atoms with Crippen LogP contribution >= 0.6 is 0 Å². The highest BCUT2D eigenvalue weighted by atomic mass is 28.3. The lowest BCUT2D eigenvalue weighted by Gasteiger charge is -2.14. The lowest BCUT2D eigenvalue weighted by atomic mass is 10.5. The lowest BCUT2D eigenvalue weighted by molar-refractivity contribution is 0.276. The van der Waals surface area contributed by atoms with Crippen LogP contribution in [-0.4, -0.2) is 19.8 Å². The third-order valence-electron chi connectivity index (χ3n) is 2.27. The zero-order valence-electron chi connectivity index (χ0n) is 6.52. The largest absolute Gasteiger partial charge is 0.396 e. The molecule has 1 saturated carbocycles. The van der Waals surface area contributed by atoms with Gasteiger partial charge in [0.1, 0.15) is 0 Å². The van der Waals surface area contributed by atoms with Crippen molar-refractivity contribution >= 4 is 8.07 Å². The van der Waals surface area contributed by atoms with Gasteiger partial charge in [-0.3, -0.25) is 0 Å². The number of aliphatic hydroxyl groups excluding tert-OH is 1. The minimum Gasteiger partial charge on any atom is -0.396 e. The van der Waals surface area contributed by atoms with Crippen LogP contribution in [0.2, 0.25) is 25.2 Å². The van der Waals surface area contributed by atoms with Gasteiger partial charge in [-0.05, 0) is 17.9 Å². The molecule has 9 heavy (non-hydrogen) atoms. The molecular weight excluding hydrogens is 128 g/mol. The molecule has 2 heteroatoms. The minimum absolute atomic E-state index is 0.426. The normalized spacial score (nSPS) is 34.7. The Morgan fingerprint density at radius 3 is 2.11 bits per heavy atom. The fourth-order valence-electron chi connectivity index (χ4n) is 1.51. The molecule has 1 N–H and O–H groups in total. The van der Waals surface area contributed by atoms with Crippen molar-refractivity contribution in [1.29, 1.82) is 0 Å². The van der Waals surface area contributed by atoms with Gasteiger partial charge < -0.3 is 5.11 Å². The topological polar surface area (TPSA) is 20.2 Å². The molecule has 0 spiro atoms. The maximum atomic E-state index is 8.76. The zero-order chi connectivity index (χ0) is 7.07. The van der Waals surface area contributed by atoms with E-state index in [4.69, 9.17) is 5.11 Å². The van der Waals surface area contributed by atoms with Crippen molar-refractivity contribution in [3.63, 3.8) is 0 Å². The Kier molecular flexibility index (Phi) is 1.70. The van der Waals surface area contributed by atoms with Crippen LogP contribution in [0, 0.1) is 5.92 Å². The molecule has 0 amide bonds. The van der Waals surface area contributed by atoms with E-state index in [9.17, 15) is 0 Å². The van der Waals surface area contributed by atoms with Gasteiger partial charge in [-0.15, -0.1) is 0 Å². The summed E-state index contributed by atoms with van der Waals surface area (Å²) in [5, 5.41) is 8.76. The van der Waals surface area contributed by atoms with E-state index in [1.165, 1.54) is 6.42 Å². The van der Waals surface area contributed by atoms with Crippen LogP contribution in [0.5, 0.6) is 0 Å². The van der Waals surface area contributed by atoms with Gasteiger partial charge in [0.25, 0.3) is 0 Å². The van der Waals surface area contributed by atoms with Crippen molar-refractivity contribution < 1.29 is 5.11 Å². The van der Waals surface area contributed by atoms with Crippen LogP contribution in [0.4, 0.5) is 0 Å². The van der Waals surface area contributed by atoms with Crippen molar-refractivity contribution in [1.82, 2.24) is 0 Å². The fraction of sp³-hybridized carbons (Fsp3) is 1.00. The summed E-state index contributed by atoms with van der Waals surface area (Å²) in [4.78, 5) is 0. The van der Waals surface area contributed by atoms with Gasteiger partial charge in [-0.1, -0.05) is 19.6 Å². The predicted octanol–water partition coefficient (Wildman–Crippen LogP) is 1.71. The van der Waals surface area contributed by atoms with Crippen molar-refractivity contribution in [3.05, 3.63) is 0 Å². The molecule has 0 aliphatic heterocycles. The molecule has 54 valence electrons. The molecule has 2 unspecified atom stereocenters. The van der Waals surface area contributed by atoms with Crippen molar-refractivity contribution in [2.75, 3.05) is 6.61 Å². The molecule has 0 aromatic rings. The van der Waals surface area contributed by atoms with Gasteiger partial charge in [0, 0.05) is 14.7 Å². The van der Waals surface area contributed by atoms with E-state index in [-0.39, 0.29) is 0 Å². The van der Waals surface area contributed by atoms with Gasteiger partial charge in [0.15, 0.2) is 0 Å². The molecule has 1 aliphatic rings. The molecule has 0 heterocycles. The van der Waals surface area contributed by atoms with Crippen LogP contribution in [0.1, 0.15) is 6.42 Å². The molecule has 0 radical (unpaired) electrons. The first kappa shape index (κ1) is 7.29. The van der Waals surface area contributed by atoms with Crippen molar-refractivity contribution in [2.45, 2.75) is 31.6 Å². The summed E-state index contributed by atoms with van der Waals surface area (Å²) in [5.41, 5.74) is 0.919. The fourth-order valence-corrected chi connectivity index (χ4v) is 4.04. The van der Waals surface area contributed by atoms with Gasteiger partial charge >= 0.3 is 0 Å². The molecule has 1 fully saturated rings. The second-order valence-electron chi connectivity index (χ2n) is 4.15. The number of rotatable bonds is 2. The highest BCUT2D eigenvalue weighted by molar-refractivity contribution is 6.78. The van der Waals surface area contributed by atoms with E-state index in [2.05, 4.69) is 19.6 Å². The Morgan fingerprint density at radius 2 is 2.00 bits per heavy atom. The van der Waals surface area contributed by atoms with Crippen LogP contribution < -0.4 is 0 Å². The Bertz CT molecular complexity index is 106. The zero-order valence-corrected chi connectivity index (χ0v) is 7.52. The summed E-state index contributed by atoms with van der Waals surface area (Å²) in [7, 11) is -0.868. The summed E-state index contributed by atoms with van der Waals surface area (Å²) in [6.07, 6.45) is 1.30. The summed E-state index contributed by atoms with van der Waals surface area (Å²) < 4.78 is 0. The molecule has 1 aliphatic carbocycles. The van der Waals surface area contributed by atoms with Gasteiger partial charge in [0.05, 0.1) is 0 Å². The molecule has 0 bridgehead atoms. The van der Waals surface area contributed by atoms with Crippen LogP contribution in [0.15, 0.2) is 0 Å². The summed E-state index contributed by atoms with van der Waals surface area (Å²) in [5.74, 6) is 0.677. The Morgan fingerprint density at radius 1 is 1.44 bits per heavy atom. The van der Waals surface area contributed by atoms with Gasteiger partial charge in [-0.25, -0.2) is 0 Å². The number of hydrogen-bond acceptors (Lipinski definition) is 1. The first-order chi connectivity index (χ1) is 4.05. The van der Waals surface area contributed by atoms with Gasteiger partial charge in [-0.2, -0.15) is 0 Å². The molecule has 1 nitrogen and oxygen atoms in total. The average Bonchev–Trinajstić information content (AvgIpc) is 2.39. The molecule has 0 saturated heterocycles.